The van der Waals surface area contributed by atoms with Gasteiger partial charge in [-0.15, -0.1) is 0 Å². The second-order valence-electron chi connectivity index (χ2n) is 6.33. The van der Waals surface area contributed by atoms with Crippen LogP contribution in [-0.4, -0.2) is 44.2 Å². The Morgan fingerprint density at radius 1 is 1.13 bits per heavy atom. The van der Waals surface area contributed by atoms with Crippen molar-refractivity contribution < 1.29 is 14.3 Å². The third-order valence-electron chi connectivity index (χ3n) is 3.02. The van der Waals surface area contributed by atoms with Crippen molar-refractivity contribution in [3.05, 3.63) is 29.8 Å². The Morgan fingerprint density at radius 3 is 2.35 bits per heavy atom. The smallest absolute Gasteiger partial charge is 0.251 e. The van der Waals surface area contributed by atoms with Crippen molar-refractivity contribution in [1.82, 2.24) is 10.6 Å². The quantitative estimate of drug-likeness (QED) is 0.638. The van der Waals surface area contributed by atoms with Crippen LogP contribution in [0.2, 0.25) is 0 Å². The lowest BCUT2D eigenvalue weighted by atomic mass is 10.1. The van der Waals surface area contributed by atoms with Crippen molar-refractivity contribution >= 4 is 17.5 Å². The fraction of sp³-hybridized carbons (Fsp3) is 0.529. The molecule has 0 bridgehead atoms. The molecule has 2 amide bonds. The summed E-state index contributed by atoms with van der Waals surface area (Å²) in [6.45, 7) is 7.43. The first-order chi connectivity index (χ1) is 10.8. The topological polar surface area (TPSA) is 79.5 Å². The summed E-state index contributed by atoms with van der Waals surface area (Å²) in [6, 6.07) is 6.83. The first-order valence-corrected chi connectivity index (χ1v) is 7.74. The number of amides is 2. The number of anilines is 1. The highest BCUT2D eigenvalue weighted by Crippen LogP contribution is 2.09. The van der Waals surface area contributed by atoms with Crippen molar-refractivity contribution in [2.75, 3.05) is 32.1 Å². The highest BCUT2D eigenvalue weighted by atomic mass is 16.5. The SMILES string of the molecule is COCCCNC(=O)c1ccc(NC(=O)CNC(C)(C)C)cc1. The monoisotopic (exact) mass is 321 g/mol. The van der Waals surface area contributed by atoms with E-state index in [-0.39, 0.29) is 23.9 Å². The molecule has 1 aromatic carbocycles. The number of hydrogen-bond acceptors (Lipinski definition) is 4. The van der Waals surface area contributed by atoms with E-state index in [1.807, 2.05) is 20.8 Å². The fourth-order valence-electron chi connectivity index (χ4n) is 1.78. The Kier molecular flexibility index (Phi) is 7.71. The zero-order valence-corrected chi connectivity index (χ0v) is 14.4. The second-order valence-corrected chi connectivity index (χ2v) is 6.33. The summed E-state index contributed by atoms with van der Waals surface area (Å²) in [6.07, 6.45) is 0.775. The predicted molar refractivity (Wildman–Crippen MR) is 91.7 cm³/mol. The van der Waals surface area contributed by atoms with Gasteiger partial charge in [0.1, 0.15) is 0 Å². The molecular weight excluding hydrogens is 294 g/mol. The lowest BCUT2D eigenvalue weighted by molar-refractivity contribution is -0.115. The Bertz CT molecular complexity index is 507. The molecule has 0 aliphatic rings. The van der Waals surface area contributed by atoms with Crippen LogP contribution in [0.15, 0.2) is 24.3 Å². The minimum Gasteiger partial charge on any atom is -0.385 e. The molecule has 0 fully saturated rings. The van der Waals surface area contributed by atoms with E-state index in [1.54, 1.807) is 31.4 Å². The molecule has 0 radical (unpaired) electrons. The first-order valence-electron chi connectivity index (χ1n) is 7.74. The predicted octanol–water partition coefficient (Wildman–Crippen LogP) is 1.78. The van der Waals surface area contributed by atoms with Gasteiger partial charge in [-0.3, -0.25) is 9.59 Å². The van der Waals surface area contributed by atoms with Crippen LogP contribution in [0, 0.1) is 0 Å². The number of carbonyl (C=O) groups excluding carboxylic acids is 2. The molecule has 0 aliphatic carbocycles. The summed E-state index contributed by atoms with van der Waals surface area (Å²) < 4.78 is 4.93. The van der Waals surface area contributed by atoms with Crippen LogP contribution in [0.1, 0.15) is 37.6 Å². The highest BCUT2D eigenvalue weighted by molar-refractivity contribution is 5.96. The second kappa shape index (κ2) is 9.27. The molecule has 0 saturated heterocycles. The number of ether oxygens (including phenoxy) is 1. The summed E-state index contributed by atoms with van der Waals surface area (Å²) in [4.78, 5) is 23.7. The van der Waals surface area contributed by atoms with E-state index < -0.39 is 0 Å². The fourth-order valence-corrected chi connectivity index (χ4v) is 1.78. The van der Waals surface area contributed by atoms with Gasteiger partial charge in [0.15, 0.2) is 0 Å². The Morgan fingerprint density at radius 2 is 1.78 bits per heavy atom. The van der Waals surface area contributed by atoms with Gasteiger partial charge in [-0.25, -0.2) is 0 Å². The van der Waals surface area contributed by atoms with Gasteiger partial charge in [0.25, 0.3) is 5.91 Å². The number of benzene rings is 1. The Balaban J connectivity index is 2.43. The number of carbonyl (C=O) groups is 2. The number of nitrogens with one attached hydrogen (secondary N) is 3. The molecule has 0 unspecified atom stereocenters. The average Bonchev–Trinajstić information content (AvgIpc) is 2.49. The van der Waals surface area contributed by atoms with Crippen LogP contribution in [0.4, 0.5) is 5.69 Å². The van der Waals surface area contributed by atoms with E-state index in [4.69, 9.17) is 4.74 Å². The minimum absolute atomic E-state index is 0.109. The summed E-state index contributed by atoms with van der Waals surface area (Å²) >= 11 is 0. The Labute approximate surface area is 138 Å². The van der Waals surface area contributed by atoms with Gasteiger partial charge in [0.2, 0.25) is 5.91 Å². The van der Waals surface area contributed by atoms with Crippen molar-refractivity contribution in [2.45, 2.75) is 32.7 Å². The van der Waals surface area contributed by atoms with E-state index in [9.17, 15) is 9.59 Å². The normalized spacial score (nSPS) is 11.1. The van der Waals surface area contributed by atoms with Gasteiger partial charge in [-0.1, -0.05) is 0 Å². The molecule has 0 heterocycles. The summed E-state index contributed by atoms with van der Waals surface area (Å²) in [5.41, 5.74) is 1.12. The molecule has 0 atom stereocenters. The third-order valence-corrected chi connectivity index (χ3v) is 3.02. The summed E-state index contributed by atoms with van der Waals surface area (Å²) in [5.74, 6) is -0.245. The van der Waals surface area contributed by atoms with Gasteiger partial charge in [-0.05, 0) is 51.5 Å². The van der Waals surface area contributed by atoms with Crippen LogP contribution >= 0.6 is 0 Å². The van der Waals surface area contributed by atoms with Gasteiger partial charge in [-0.2, -0.15) is 0 Å². The molecular formula is C17H27N3O3. The van der Waals surface area contributed by atoms with Crippen molar-refractivity contribution in [3.63, 3.8) is 0 Å². The average molecular weight is 321 g/mol. The molecule has 0 saturated carbocycles. The maximum atomic E-state index is 11.9. The highest BCUT2D eigenvalue weighted by Gasteiger charge is 2.11. The molecule has 128 valence electrons. The van der Waals surface area contributed by atoms with Gasteiger partial charge in [0, 0.05) is 37.1 Å². The molecule has 6 heteroatoms. The third kappa shape index (κ3) is 8.32. The lowest BCUT2D eigenvalue weighted by Crippen LogP contribution is -2.41. The number of methoxy groups -OCH3 is 1. The van der Waals surface area contributed by atoms with Gasteiger partial charge >= 0.3 is 0 Å². The van der Waals surface area contributed by atoms with Crippen molar-refractivity contribution in [2.24, 2.45) is 0 Å². The van der Waals surface area contributed by atoms with E-state index in [1.165, 1.54) is 0 Å². The molecule has 23 heavy (non-hydrogen) atoms. The molecule has 6 nitrogen and oxygen atoms in total. The lowest BCUT2D eigenvalue weighted by Gasteiger charge is -2.20. The van der Waals surface area contributed by atoms with Crippen LogP contribution in [0.25, 0.3) is 0 Å². The van der Waals surface area contributed by atoms with E-state index in [0.29, 0.717) is 24.4 Å². The maximum Gasteiger partial charge on any atom is 0.251 e. The molecule has 0 spiro atoms. The molecule has 0 aromatic heterocycles. The Hall–Kier alpha value is -1.92. The van der Waals surface area contributed by atoms with Gasteiger partial charge < -0.3 is 20.7 Å². The van der Waals surface area contributed by atoms with Crippen LogP contribution < -0.4 is 16.0 Å². The van der Waals surface area contributed by atoms with Crippen molar-refractivity contribution in [1.29, 1.82) is 0 Å². The van der Waals surface area contributed by atoms with Gasteiger partial charge in [0.05, 0.1) is 6.54 Å². The standard InChI is InChI=1S/C17H27N3O3/c1-17(2,3)19-12-15(21)20-14-8-6-13(7-9-14)16(22)18-10-5-11-23-4/h6-9,19H,5,10-12H2,1-4H3,(H,18,22)(H,20,21). The number of hydrogen-bond donors (Lipinski definition) is 3. The first kappa shape index (κ1) is 19.1. The molecule has 1 aromatic rings. The number of rotatable bonds is 8. The zero-order valence-electron chi connectivity index (χ0n) is 14.4. The van der Waals surface area contributed by atoms with Crippen LogP contribution in [0.5, 0.6) is 0 Å². The van der Waals surface area contributed by atoms with Crippen LogP contribution in [0.3, 0.4) is 0 Å². The minimum atomic E-state index is -0.131. The molecule has 1 rings (SSSR count). The zero-order chi connectivity index (χ0) is 17.3. The van der Waals surface area contributed by atoms with E-state index in [2.05, 4.69) is 16.0 Å². The molecule has 3 N–H and O–H groups in total. The van der Waals surface area contributed by atoms with Crippen molar-refractivity contribution in [3.8, 4) is 0 Å². The maximum absolute atomic E-state index is 11.9. The summed E-state index contributed by atoms with van der Waals surface area (Å²) in [5, 5.41) is 8.72. The van der Waals surface area contributed by atoms with Crippen LogP contribution in [-0.2, 0) is 9.53 Å². The summed E-state index contributed by atoms with van der Waals surface area (Å²) in [7, 11) is 1.63. The van der Waals surface area contributed by atoms with E-state index >= 15 is 0 Å². The van der Waals surface area contributed by atoms with E-state index in [0.717, 1.165) is 6.42 Å². The largest absolute Gasteiger partial charge is 0.385 e. The molecule has 0 aliphatic heterocycles.